The summed E-state index contributed by atoms with van der Waals surface area (Å²) in [6.07, 6.45) is 1.30. The molecule has 1 aromatic heterocycles. The van der Waals surface area contributed by atoms with Crippen molar-refractivity contribution in [3.8, 4) is 0 Å². The highest BCUT2D eigenvalue weighted by molar-refractivity contribution is 7.89. The molecule has 0 spiro atoms. The predicted octanol–water partition coefficient (Wildman–Crippen LogP) is -0.0491. The van der Waals surface area contributed by atoms with E-state index in [2.05, 4.69) is 15.0 Å². The second-order valence-corrected chi connectivity index (χ2v) is 5.13. The molecule has 1 heterocycles. The Hall–Kier alpha value is -1.74. The highest BCUT2D eigenvalue weighted by atomic mass is 32.2. The average Bonchev–Trinajstić information content (AvgIpc) is 2.29. The van der Waals surface area contributed by atoms with Gasteiger partial charge in [0.1, 0.15) is 11.9 Å². The van der Waals surface area contributed by atoms with Crippen molar-refractivity contribution < 1.29 is 13.3 Å². The summed E-state index contributed by atoms with van der Waals surface area (Å²) in [4.78, 5) is 13.6. The average molecular weight is 260 g/mol. The second kappa shape index (κ2) is 5.55. The van der Waals surface area contributed by atoms with Crippen molar-refractivity contribution in [2.75, 3.05) is 24.7 Å². The topological polar surface area (TPSA) is 114 Å². The Labute approximate surface area is 98.3 Å². The molecule has 0 fully saturated rings. The van der Waals surface area contributed by atoms with Gasteiger partial charge in [0.25, 0.3) is 0 Å². The Morgan fingerprint density at radius 1 is 1.53 bits per heavy atom. The molecule has 1 rings (SSSR count). The molecule has 0 aliphatic rings. The zero-order valence-corrected chi connectivity index (χ0v) is 9.90. The number of sulfonamides is 1. The molecule has 0 saturated carbocycles. The molecule has 0 saturated heterocycles. The fourth-order valence-corrected chi connectivity index (χ4v) is 1.68. The monoisotopic (exact) mass is 260 g/mol. The number of rotatable bonds is 6. The highest BCUT2D eigenvalue weighted by Gasteiger charge is 2.14. The summed E-state index contributed by atoms with van der Waals surface area (Å²) >= 11 is 0. The normalized spacial score (nSPS) is 11.1. The largest absolute Gasteiger partial charge is 0.386 e. The molecule has 0 aliphatic heterocycles. The first-order valence-corrected chi connectivity index (χ1v) is 6.36. The number of nitrogens with zero attached hydrogens (tertiary/aromatic N) is 2. The summed E-state index contributed by atoms with van der Waals surface area (Å²) < 4.78 is 24.4. The number of hydrogen-bond acceptors (Lipinski definition) is 6. The van der Waals surface area contributed by atoms with E-state index in [1.165, 1.54) is 25.4 Å². The van der Waals surface area contributed by atoms with Crippen molar-refractivity contribution in [3.05, 3.63) is 28.4 Å². The van der Waals surface area contributed by atoms with Crippen LogP contribution in [-0.4, -0.2) is 37.7 Å². The molecule has 17 heavy (non-hydrogen) atoms. The van der Waals surface area contributed by atoms with Crippen molar-refractivity contribution in [1.82, 2.24) is 9.71 Å². The van der Waals surface area contributed by atoms with Gasteiger partial charge in [-0.3, -0.25) is 0 Å². The third kappa shape index (κ3) is 3.96. The minimum Gasteiger partial charge on any atom is -0.377 e. The van der Waals surface area contributed by atoms with Crippen LogP contribution in [0, 0.1) is 10.1 Å². The van der Waals surface area contributed by atoms with Crippen LogP contribution in [0.25, 0.3) is 0 Å². The van der Waals surface area contributed by atoms with Crippen molar-refractivity contribution in [3.63, 3.8) is 0 Å². The van der Waals surface area contributed by atoms with Gasteiger partial charge in [0, 0.05) is 6.54 Å². The summed E-state index contributed by atoms with van der Waals surface area (Å²) in [5, 5.41) is 13.3. The number of pyridine rings is 1. The lowest BCUT2D eigenvalue weighted by molar-refractivity contribution is -0.388. The Balaban J connectivity index is 2.67. The van der Waals surface area contributed by atoms with E-state index in [0.29, 0.717) is 0 Å². The van der Waals surface area contributed by atoms with Gasteiger partial charge in [-0.25, -0.2) is 13.1 Å². The van der Waals surface area contributed by atoms with Crippen LogP contribution < -0.4 is 10.0 Å². The van der Waals surface area contributed by atoms with Crippen LogP contribution in [0.3, 0.4) is 0 Å². The van der Waals surface area contributed by atoms with Crippen LogP contribution in [0.15, 0.2) is 18.3 Å². The molecule has 0 aliphatic carbocycles. The zero-order valence-electron chi connectivity index (χ0n) is 9.08. The fourth-order valence-electron chi connectivity index (χ4n) is 1.10. The first-order valence-electron chi connectivity index (χ1n) is 4.71. The number of anilines is 1. The van der Waals surface area contributed by atoms with Gasteiger partial charge in [-0.2, -0.15) is 0 Å². The Bertz CT molecular complexity index is 502. The summed E-state index contributed by atoms with van der Waals surface area (Å²) in [6, 6.07) is 3.00. The molecule has 8 nitrogen and oxygen atoms in total. The highest BCUT2D eigenvalue weighted by Crippen LogP contribution is 2.19. The van der Waals surface area contributed by atoms with Crippen LogP contribution in [0.2, 0.25) is 0 Å². The van der Waals surface area contributed by atoms with E-state index in [0.717, 1.165) is 0 Å². The summed E-state index contributed by atoms with van der Waals surface area (Å²) in [5.41, 5.74) is 0.198. The standard InChI is InChI=1S/C8H12N4O4S/c1-9-17(15,16)6-5-10-7-3-2-4-11-8(7)12(13)14/h2-4,9-10H,5-6H2,1H3. The lowest BCUT2D eigenvalue weighted by atomic mass is 10.4. The third-order valence-corrected chi connectivity index (χ3v) is 3.32. The lowest BCUT2D eigenvalue weighted by Crippen LogP contribution is -2.26. The van der Waals surface area contributed by atoms with Gasteiger partial charge in [-0.15, -0.1) is 0 Å². The first kappa shape index (κ1) is 13.3. The fraction of sp³-hybridized carbons (Fsp3) is 0.375. The van der Waals surface area contributed by atoms with Crippen LogP contribution in [0.4, 0.5) is 11.5 Å². The maximum absolute atomic E-state index is 11.1. The molecule has 0 amide bonds. The minimum atomic E-state index is -3.33. The van der Waals surface area contributed by atoms with Gasteiger partial charge in [-0.1, -0.05) is 0 Å². The van der Waals surface area contributed by atoms with Crippen molar-refractivity contribution in [1.29, 1.82) is 0 Å². The van der Waals surface area contributed by atoms with Gasteiger partial charge in [0.05, 0.1) is 5.75 Å². The molecule has 0 bridgehead atoms. The van der Waals surface area contributed by atoms with Gasteiger partial charge in [0.15, 0.2) is 0 Å². The van der Waals surface area contributed by atoms with E-state index < -0.39 is 14.9 Å². The molecule has 9 heteroatoms. The minimum absolute atomic E-state index is 0.0652. The quantitative estimate of drug-likeness (QED) is 0.547. The SMILES string of the molecule is CNS(=O)(=O)CCNc1cccnc1[N+](=O)[O-]. The summed E-state index contributed by atoms with van der Waals surface area (Å²) in [6.45, 7) is 0.0652. The van der Waals surface area contributed by atoms with E-state index in [4.69, 9.17) is 0 Å². The van der Waals surface area contributed by atoms with E-state index >= 15 is 0 Å². The van der Waals surface area contributed by atoms with E-state index in [-0.39, 0.29) is 23.8 Å². The molecule has 0 aromatic carbocycles. The smallest absolute Gasteiger partial charge is 0.377 e. The van der Waals surface area contributed by atoms with E-state index in [1.54, 1.807) is 0 Å². The Kier molecular flexibility index (Phi) is 4.35. The molecule has 0 unspecified atom stereocenters. The van der Waals surface area contributed by atoms with Crippen LogP contribution in [0.1, 0.15) is 0 Å². The first-order chi connectivity index (χ1) is 7.96. The summed E-state index contributed by atoms with van der Waals surface area (Å²) in [5.74, 6) is -0.496. The van der Waals surface area contributed by atoms with Gasteiger partial charge < -0.3 is 15.4 Å². The number of aromatic nitrogens is 1. The van der Waals surface area contributed by atoms with Crippen molar-refractivity contribution in [2.24, 2.45) is 0 Å². The molecule has 94 valence electrons. The molecular formula is C8H12N4O4S. The van der Waals surface area contributed by atoms with Gasteiger partial charge in [-0.05, 0) is 29.1 Å². The maximum Gasteiger partial charge on any atom is 0.386 e. The Morgan fingerprint density at radius 3 is 2.82 bits per heavy atom. The summed E-state index contributed by atoms with van der Waals surface area (Å²) in [7, 11) is -2.02. The van der Waals surface area contributed by atoms with E-state index in [1.807, 2.05) is 0 Å². The number of nitro groups is 1. The molecule has 1 aromatic rings. The van der Waals surface area contributed by atoms with Crippen molar-refractivity contribution in [2.45, 2.75) is 0 Å². The van der Waals surface area contributed by atoms with E-state index in [9.17, 15) is 18.5 Å². The molecular weight excluding hydrogens is 248 g/mol. The van der Waals surface area contributed by atoms with Crippen molar-refractivity contribution >= 4 is 21.5 Å². The van der Waals surface area contributed by atoms with Crippen LogP contribution >= 0.6 is 0 Å². The molecule has 0 radical (unpaired) electrons. The predicted molar refractivity (Wildman–Crippen MR) is 62.2 cm³/mol. The number of hydrogen-bond donors (Lipinski definition) is 2. The second-order valence-electron chi connectivity index (χ2n) is 3.08. The number of nitrogens with one attached hydrogen (secondary N) is 2. The Morgan fingerprint density at radius 2 is 2.24 bits per heavy atom. The molecule has 0 atom stereocenters. The van der Waals surface area contributed by atoms with Crippen LogP contribution in [0.5, 0.6) is 0 Å². The third-order valence-electron chi connectivity index (χ3n) is 1.96. The van der Waals surface area contributed by atoms with Gasteiger partial charge >= 0.3 is 5.82 Å². The van der Waals surface area contributed by atoms with Gasteiger partial charge in [0.2, 0.25) is 10.0 Å². The van der Waals surface area contributed by atoms with Crippen LogP contribution in [-0.2, 0) is 10.0 Å². The maximum atomic E-state index is 11.1. The molecule has 2 N–H and O–H groups in total. The lowest BCUT2D eigenvalue weighted by Gasteiger charge is -2.06. The zero-order chi connectivity index (χ0) is 12.9.